The predicted molar refractivity (Wildman–Crippen MR) is 37.4 cm³/mol. The number of fused-ring (bicyclic) bond motifs is 5. The quantitative estimate of drug-likeness (QED) is 0.533. The number of rotatable bonds is 1. The second-order valence-corrected chi connectivity index (χ2v) is 3.96. The second kappa shape index (κ2) is 1.56. The Morgan fingerprint density at radius 3 is 2.80 bits per heavy atom. The van der Waals surface area contributed by atoms with E-state index in [-0.39, 0.29) is 0 Å². The van der Waals surface area contributed by atoms with Crippen LogP contribution < -0.4 is 5.73 Å². The predicted octanol–water partition coefficient (Wildman–Crippen LogP) is 0.369. The Balaban J connectivity index is 1.85. The monoisotopic (exact) mass is 139 g/mol. The lowest BCUT2D eigenvalue weighted by Gasteiger charge is -2.15. The molecular weight excluding hydrogens is 126 g/mol. The van der Waals surface area contributed by atoms with Crippen molar-refractivity contribution in [2.45, 2.75) is 25.0 Å². The van der Waals surface area contributed by atoms with Gasteiger partial charge in [-0.15, -0.1) is 0 Å². The summed E-state index contributed by atoms with van der Waals surface area (Å²) in [6.07, 6.45) is 4.08. The molecule has 0 amide bonds. The van der Waals surface area contributed by atoms with Crippen LogP contribution in [0.3, 0.4) is 0 Å². The van der Waals surface area contributed by atoms with Gasteiger partial charge in [0, 0.05) is 0 Å². The van der Waals surface area contributed by atoms with E-state index < -0.39 is 0 Å². The second-order valence-electron chi connectivity index (χ2n) is 3.96. The lowest BCUT2D eigenvalue weighted by Crippen LogP contribution is -2.24. The summed E-state index contributed by atoms with van der Waals surface area (Å²) in [5.41, 5.74) is 5.65. The van der Waals surface area contributed by atoms with Crippen molar-refractivity contribution in [3.05, 3.63) is 0 Å². The van der Waals surface area contributed by atoms with Gasteiger partial charge in [-0.3, -0.25) is 0 Å². The Labute approximate surface area is 60.7 Å². The lowest BCUT2D eigenvalue weighted by atomic mass is 9.89. The van der Waals surface area contributed by atoms with Crippen LogP contribution in [0.4, 0.5) is 0 Å². The number of hydrogen-bond acceptors (Lipinski definition) is 2. The highest BCUT2D eigenvalue weighted by molar-refractivity contribution is 5.10. The molecule has 2 aliphatic carbocycles. The highest BCUT2D eigenvalue weighted by atomic mass is 16.6. The third-order valence-electron chi connectivity index (χ3n) is 3.54. The fourth-order valence-corrected chi connectivity index (χ4v) is 3.00. The molecule has 3 fully saturated rings. The van der Waals surface area contributed by atoms with Crippen molar-refractivity contribution in [2.75, 3.05) is 6.54 Å². The van der Waals surface area contributed by atoms with Gasteiger partial charge in [0.25, 0.3) is 0 Å². The first-order valence-corrected chi connectivity index (χ1v) is 4.25. The average Bonchev–Trinajstić information content (AvgIpc) is 2.58. The van der Waals surface area contributed by atoms with E-state index in [2.05, 4.69) is 0 Å². The zero-order chi connectivity index (χ0) is 6.72. The molecule has 0 radical (unpaired) electrons. The van der Waals surface area contributed by atoms with E-state index in [0.29, 0.717) is 12.2 Å². The fourth-order valence-electron chi connectivity index (χ4n) is 3.00. The molecule has 0 aromatic rings. The molecule has 2 heteroatoms. The molecule has 1 aliphatic heterocycles. The van der Waals surface area contributed by atoms with Crippen LogP contribution in [0.25, 0.3) is 0 Å². The van der Waals surface area contributed by atoms with Crippen molar-refractivity contribution in [3.63, 3.8) is 0 Å². The van der Waals surface area contributed by atoms with Gasteiger partial charge in [-0.1, -0.05) is 0 Å². The standard InChI is InChI=1S/C8H13NO/c9-3-5-1-4-2-6(5)8-7(4)10-8/h4-8H,1-3,9H2/t4-,5+,6-,7+,8-/m1/s1. The van der Waals surface area contributed by atoms with E-state index in [0.717, 1.165) is 24.3 Å². The first-order chi connectivity index (χ1) is 4.90. The minimum Gasteiger partial charge on any atom is -0.369 e. The minimum absolute atomic E-state index is 0.646. The fraction of sp³-hybridized carbons (Fsp3) is 1.00. The van der Waals surface area contributed by atoms with Crippen molar-refractivity contribution < 1.29 is 4.74 Å². The van der Waals surface area contributed by atoms with Gasteiger partial charge in [0.2, 0.25) is 0 Å². The molecule has 0 aromatic carbocycles. The van der Waals surface area contributed by atoms with Gasteiger partial charge >= 0.3 is 0 Å². The molecule has 10 heavy (non-hydrogen) atoms. The molecule has 3 aliphatic rings. The van der Waals surface area contributed by atoms with Crippen LogP contribution in [0, 0.1) is 17.8 Å². The van der Waals surface area contributed by atoms with Crippen LogP contribution in [-0.4, -0.2) is 18.8 Å². The van der Waals surface area contributed by atoms with Gasteiger partial charge in [-0.05, 0) is 37.1 Å². The van der Waals surface area contributed by atoms with Crippen LogP contribution >= 0.6 is 0 Å². The van der Waals surface area contributed by atoms with Crippen molar-refractivity contribution in [1.29, 1.82) is 0 Å². The van der Waals surface area contributed by atoms with E-state index in [9.17, 15) is 0 Å². The number of hydrogen-bond donors (Lipinski definition) is 1. The van der Waals surface area contributed by atoms with E-state index in [1.54, 1.807) is 0 Å². The van der Waals surface area contributed by atoms with Crippen LogP contribution in [-0.2, 0) is 4.74 Å². The summed E-state index contributed by atoms with van der Waals surface area (Å²) in [7, 11) is 0. The van der Waals surface area contributed by atoms with Crippen molar-refractivity contribution in [2.24, 2.45) is 23.5 Å². The van der Waals surface area contributed by atoms with E-state index in [4.69, 9.17) is 10.5 Å². The maximum atomic E-state index is 5.65. The van der Waals surface area contributed by atoms with Crippen molar-refractivity contribution in [1.82, 2.24) is 0 Å². The molecule has 2 nitrogen and oxygen atoms in total. The molecule has 5 atom stereocenters. The highest BCUT2D eigenvalue weighted by Gasteiger charge is 2.62. The molecule has 1 saturated heterocycles. The van der Waals surface area contributed by atoms with Crippen molar-refractivity contribution in [3.8, 4) is 0 Å². The van der Waals surface area contributed by atoms with Gasteiger partial charge in [-0.2, -0.15) is 0 Å². The third-order valence-corrected chi connectivity index (χ3v) is 3.54. The average molecular weight is 139 g/mol. The van der Waals surface area contributed by atoms with E-state index >= 15 is 0 Å². The smallest absolute Gasteiger partial charge is 0.0876 e. The maximum absolute atomic E-state index is 5.65. The Morgan fingerprint density at radius 2 is 2.20 bits per heavy atom. The topological polar surface area (TPSA) is 38.5 Å². The Kier molecular flexibility index (Phi) is 0.868. The molecule has 0 spiro atoms. The zero-order valence-electron chi connectivity index (χ0n) is 5.99. The first-order valence-electron chi connectivity index (χ1n) is 4.25. The van der Waals surface area contributed by atoms with Gasteiger partial charge in [-0.25, -0.2) is 0 Å². The third kappa shape index (κ3) is 0.487. The summed E-state index contributed by atoms with van der Waals surface area (Å²) < 4.78 is 5.52. The van der Waals surface area contributed by atoms with E-state index in [1.165, 1.54) is 12.8 Å². The summed E-state index contributed by atoms with van der Waals surface area (Å²) in [4.78, 5) is 0. The van der Waals surface area contributed by atoms with E-state index in [1.807, 2.05) is 0 Å². The van der Waals surface area contributed by atoms with Gasteiger partial charge in [0.15, 0.2) is 0 Å². The molecular formula is C8H13NO. The molecule has 2 N–H and O–H groups in total. The van der Waals surface area contributed by atoms with Crippen LogP contribution in [0.5, 0.6) is 0 Å². The van der Waals surface area contributed by atoms with Crippen LogP contribution in [0.15, 0.2) is 0 Å². The first kappa shape index (κ1) is 5.56. The Bertz CT molecular complexity index is 171. The summed E-state index contributed by atoms with van der Waals surface area (Å²) in [6.45, 7) is 0.883. The van der Waals surface area contributed by atoms with Crippen LogP contribution in [0.1, 0.15) is 12.8 Å². The summed E-state index contributed by atoms with van der Waals surface area (Å²) in [5.74, 6) is 2.54. The van der Waals surface area contributed by atoms with Gasteiger partial charge < -0.3 is 10.5 Å². The Hall–Kier alpha value is -0.0800. The molecule has 1 heterocycles. The molecule has 0 unspecified atom stereocenters. The maximum Gasteiger partial charge on any atom is 0.0876 e. The lowest BCUT2D eigenvalue weighted by molar-refractivity contribution is 0.252. The van der Waals surface area contributed by atoms with Crippen LogP contribution in [0.2, 0.25) is 0 Å². The van der Waals surface area contributed by atoms with Crippen molar-refractivity contribution >= 4 is 0 Å². The molecule has 0 aromatic heterocycles. The number of nitrogens with two attached hydrogens (primary N) is 1. The zero-order valence-corrected chi connectivity index (χ0v) is 5.99. The molecule has 3 rings (SSSR count). The minimum atomic E-state index is 0.646. The normalized spacial score (nSPS) is 62.7. The van der Waals surface area contributed by atoms with Gasteiger partial charge in [0.1, 0.15) is 0 Å². The van der Waals surface area contributed by atoms with Gasteiger partial charge in [0.05, 0.1) is 12.2 Å². The Morgan fingerprint density at radius 1 is 1.30 bits per heavy atom. The summed E-state index contributed by atoms with van der Waals surface area (Å²) in [5, 5.41) is 0. The SMILES string of the molecule is NC[C@@H]1C[C@@H]2C[C@H]1[C@H]1O[C@@H]21. The molecule has 2 saturated carbocycles. The largest absolute Gasteiger partial charge is 0.369 e. The number of epoxide rings is 1. The number of ether oxygens (including phenoxy) is 1. The molecule has 56 valence electrons. The summed E-state index contributed by atoms with van der Waals surface area (Å²) in [6, 6.07) is 0. The molecule has 2 bridgehead atoms. The summed E-state index contributed by atoms with van der Waals surface area (Å²) >= 11 is 0. The highest BCUT2D eigenvalue weighted by Crippen LogP contribution is 2.58.